The largest absolute Gasteiger partial charge is 0.316 e. The lowest BCUT2D eigenvalue weighted by Gasteiger charge is -2.42. The predicted molar refractivity (Wildman–Crippen MR) is 74.4 cm³/mol. The van der Waals surface area contributed by atoms with Crippen LogP contribution in [0.3, 0.4) is 0 Å². The molecule has 0 saturated heterocycles. The van der Waals surface area contributed by atoms with Crippen molar-refractivity contribution in [3.05, 3.63) is 35.4 Å². The van der Waals surface area contributed by atoms with E-state index >= 15 is 0 Å². The summed E-state index contributed by atoms with van der Waals surface area (Å²) in [6.45, 7) is 6.70. The molecule has 1 nitrogen and oxygen atoms in total. The standard InChI is InChI=1S/C16H25N/c1-3-14-6-8-15(9-7-14)12-16(10-5-11-16)13-17-4-2/h6-9,17H,3-5,10-13H2,1-2H3. The molecule has 0 heterocycles. The molecule has 1 aromatic rings. The first-order valence-electron chi connectivity index (χ1n) is 7.06. The second-order valence-corrected chi connectivity index (χ2v) is 5.48. The molecule has 0 radical (unpaired) electrons. The Hall–Kier alpha value is -0.820. The van der Waals surface area contributed by atoms with Gasteiger partial charge in [-0.1, -0.05) is 44.5 Å². The Labute approximate surface area is 106 Å². The average molecular weight is 231 g/mol. The summed E-state index contributed by atoms with van der Waals surface area (Å²) < 4.78 is 0. The van der Waals surface area contributed by atoms with E-state index in [2.05, 4.69) is 43.4 Å². The first-order valence-corrected chi connectivity index (χ1v) is 7.06. The molecule has 2 rings (SSSR count). The molecule has 1 N–H and O–H groups in total. The quantitative estimate of drug-likeness (QED) is 0.789. The normalized spacial score (nSPS) is 17.8. The molecule has 17 heavy (non-hydrogen) atoms. The van der Waals surface area contributed by atoms with E-state index in [0.717, 1.165) is 13.0 Å². The van der Waals surface area contributed by atoms with Crippen LogP contribution in [0.1, 0.15) is 44.2 Å². The molecule has 1 aliphatic carbocycles. The number of benzene rings is 1. The minimum Gasteiger partial charge on any atom is -0.316 e. The Morgan fingerprint density at radius 3 is 2.18 bits per heavy atom. The van der Waals surface area contributed by atoms with Gasteiger partial charge in [0.05, 0.1) is 0 Å². The van der Waals surface area contributed by atoms with Crippen LogP contribution in [0.2, 0.25) is 0 Å². The maximum absolute atomic E-state index is 3.53. The van der Waals surface area contributed by atoms with Gasteiger partial charge >= 0.3 is 0 Å². The van der Waals surface area contributed by atoms with Gasteiger partial charge in [-0.15, -0.1) is 0 Å². The molecule has 0 aromatic heterocycles. The van der Waals surface area contributed by atoms with Crippen molar-refractivity contribution in [2.75, 3.05) is 13.1 Å². The van der Waals surface area contributed by atoms with Gasteiger partial charge in [0, 0.05) is 6.54 Å². The van der Waals surface area contributed by atoms with Crippen LogP contribution in [0.25, 0.3) is 0 Å². The van der Waals surface area contributed by atoms with Crippen molar-refractivity contribution in [3.63, 3.8) is 0 Å². The third kappa shape index (κ3) is 3.10. The van der Waals surface area contributed by atoms with Gasteiger partial charge < -0.3 is 5.32 Å². The molecule has 1 saturated carbocycles. The van der Waals surface area contributed by atoms with Crippen LogP contribution < -0.4 is 5.32 Å². The van der Waals surface area contributed by atoms with Crippen LogP contribution in [0.4, 0.5) is 0 Å². The van der Waals surface area contributed by atoms with E-state index < -0.39 is 0 Å². The number of rotatable bonds is 6. The maximum atomic E-state index is 3.53. The lowest BCUT2D eigenvalue weighted by atomic mass is 9.65. The number of hydrogen-bond acceptors (Lipinski definition) is 1. The van der Waals surface area contributed by atoms with Gasteiger partial charge in [0.1, 0.15) is 0 Å². The summed E-state index contributed by atoms with van der Waals surface area (Å²) in [5, 5.41) is 3.53. The van der Waals surface area contributed by atoms with Crippen molar-refractivity contribution < 1.29 is 0 Å². The molecule has 1 aliphatic rings. The Morgan fingerprint density at radius 1 is 1.06 bits per heavy atom. The molecule has 1 heteroatoms. The summed E-state index contributed by atoms with van der Waals surface area (Å²) in [5.74, 6) is 0. The smallest absolute Gasteiger partial charge is 0.00109 e. The third-order valence-electron chi connectivity index (χ3n) is 4.17. The molecule has 0 spiro atoms. The predicted octanol–water partition coefficient (Wildman–Crippen LogP) is 3.57. The maximum Gasteiger partial charge on any atom is 0.00109 e. The molecule has 0 unspecified atom stereocenters. The second kappa shape index (κ2) is 5.68. The van der Waals surface area contributed by atoms with Crippen molar-refractivity contribution >= 4 is 0 Å². The van der Waals surface area contributed by atoms with Gasteiger partial charge in [-0.3, -0.25) is 0 Å². The zero-order valence-electron chi connectivity index (χ0n) is 11.3. The fraction of sp³-hybridized carbons (Fsp3) is 0.625. The molecular formula is C16H25N. The monoisotopic (exact) mass is 231 g/mol. The van der Waals surface area contributed by atoms with Crippen molar-refractivity contribution in [2.45, 2.75) is 46.0 Å². The summed E-state index contributed by atoms with van der Waals surface area (Å²) in [7, 11) is 0. The lowest BCUT2D eigenvalue weighted by molar-refractivity contribution is 0.131. The number of aryl methyl sites for hydroxylation is 1. The van der Waals surface area contributed by atoms with E-state index in [1.54, 1.807) is 0 Å². The van der Waals surface area contributed by atoms with Crippen LogP contribution in [-0.2, 0) is 12.8 Å². The summed E-state index contributed by atoms with van der Waals surface area (Å²) >= 11 is 0. The SMILES string of the molecule is CCNCC1(Cc2ccc(CC)cc2)CCC1. The molecule has 1 fully saturated rings. The zero-order valence-corrected chi connectivity index (χ0v) is 11.3. The molecule has 1 aromatic carbocycles. The fourth-order valence-corrected chi connectivity index (χ4v) is 2.81. The highest BCUT2D eigenvalue weighted by molar-refractivity contribution is 5.24. The highest BCUT2D eigenvalue weighted by Gasteiger charge is 2.36. The van der Waals surface area contributed by atoms with E-state index in [1.165, 1.54) is 43.4 Å². The highest BCUT2D eigenvalue weighted by atomic mass is 14.9. The second-order valence-electron chi connectivity index (χ2n) is 5.48. The van der Waals surface area contributed by atoms with Gasteiger partial charge in [0.15, 0.2) is 0 Å². The topological polar surface area (TPSA) is 12.0 Å². The van der Waals surface area contributed by atoms with Gasteiger partial charge in [-0.05, 0) is 48.8 Å². The number of nitrogens with one attached hydrogen (secondary N) is 1. The van der Waals surface area contributed by atoms with E-state index in [1.807, 2.05) is 0 Å². The van der Waals surface area contributed by atoms with Crippen molar-refractivity contribution in [2.24, 2.45) is 5.41 Å². The van der Waals surface area contributed by atoms with Crippen LogP contribution in [-0.4, -0.2) is 13.1 Å². The molecular weight excluding hydrogens is 206 g/mol. The fourth-order valence-electron chi connectivity index (χ4n) is 2.81. The van der Waals surface area contributed by atoms with E-state index in [9.17, 15) is 0 Å². The minimum absolute atomic E-state index is 0.559. The summed E-state index contributed by atoms with van der Waals surface area (Å²) in [4.78, 5) is 0. The van der Waals surface area contributed by atoms with Crippen LogP contribution in [0, 0.1) is 5.41 Å². The van der Waals surface area contributed by atoms with Crippen LogP contribution >= 0.6 is 0 Å². The minimum atomic E-state index is 0.559. The Balaban J connectivity index is 1.97. The van der Waals surface area contributed by atoms with Crippen LogP contribution in [0.5, 0.6) is 0 Å². The van der Waals surface area contributed by atoms with Crippen molar-refractivity contribution in [3.8, 4) is 0 Å². The Bertz CT molecular complexity index is 335. The molecule has 0 amide bonds. The summed E-state index contributed by atoms with van der Waals surface area (Å²) in [6.07, 6.45) is 6.61. The Morgan fingerprint density at radius 2 is 1.71 bits per heavy atom. The van der Waals surface area contributed by atoms with Crippen molar-refractivity contribution in [1.29, 1.82) is 0 Å². The lowest BCUT2D eigenvalue weighted by Crippen LogP contribution is -2.41. The van der Waals surface area contributed by atoms with E-state index in [-0.39, 0.29) is 0 Å². The molecule has 0 aliphatic heterocycles. The molecule has 0 bridgehead atoms. The van der Waals surface area contributed by atoms with Gasteiger partial charge in [-0.2, -0.15) is 0 Å². The van der Waals surface area contributed by atoms with E-state index in [0.29, 0.717) is 5.41 Å². The van der Waals surface area contributed by atoms with E-state index in [4.69, 9.17) is 0 Å². The van der Waals surface area contributed by atoms with Gasteiger partial charge in [-0.25, -0.2) is 0 Å². The zero-order chi connectivity index (χ0) is 12.1. The molecule has 0 atom stereocenters. The summed E-state index contributed by atoms with van der Waals surface area (Å²) in [6, 6.07) is 9.22. The highest BCUT2D eigenvalue weighted by Crippen LogP contribution is 2.43. The van der Waals surface area contributed by atoms with Gasteiger partial charge in [0.2, 0.25) is 0 Å². The van der Waals surface area contributed by atoms with Crippen molar-refractivity contribution in [1.82, 2.24) is 5.32 Å². The number of hydrogen-bond donors (Lipinski definition) is 1. The summed E-state index contributed by atoms with van der Waals surface area (Å²) in [5.41, 5.74) is 3.52. The first kappa shape index (κ1) is 12.6. The Kier molecular flexibility index (Phi) is 4.22. The van der Waals surface area contributed by atoms with Crippen LogP contribution in [0.15, 0.2) is 24.3 Å². The van der Waals surface area contributed by atoms with Gasteiger partial charge in [0.25, 0.3) is 0 Å². The molecule has 94 valence electrons. The first-order chi connectivity index (χ1) is 8.28. The average Bonchev–Trinajstić information content (AvgIpc) is 2.33. The third-order valence-corrected chi connectivity index (χ3v) is 4.17.